The van der Waals surface area contributed by atoms with Gasteiger partial charge in [0.25, 0.3) is 0 Å². The molecule has 0 aliphatic heterocycles. The zero-order valence-electron chi connectivity index (χ0n) is 13.3. The molecule has 1 fully saturated rings. The number of ether oxygens (including phenoxy) is 1. The van der Waals surface area contributed by atoms with Crippen molar-refractivity contribution in [1.29, 1.82) is 0 Å². The molecule has 1 aromatic heterocycles. The summed E-state index contributed by atoms with van der Waals surface area (Å²) in [5.41, 5.74) is 0.441. The van der Waals surface area contributed by atoms with E-state index >= 15 is 0 Å². The smallest absolute Gasteiger partial charge is 0.308 e. The highest BCUT2D eigenvalue weighted by Gasteiger charge is 2.31. The van der Waals surface area contributed by atoms with E-state index in [9.17, 15) is 13.6 Å². The Morgan fingerprint density at radius 2 is 2.04 bits per heavy atom. The number of aromatic nitrogens is 2. The van der Waals surface area contributed by atoms with Gasteiger partial charge in [-0.25, -0.2) is 8.78 Å². The van der Waals surface area contributed by atoms with Gasteiger partial charge in [0.15, 0.2) is 5.82 Å². The Balaban J connectivity index is 1.69. The average Bonchev–Trinajstić information content (AvgIpc) is 3.01. The van der Waals surface area contributed by atoms with E-state index in [1.165, 1.54) is 19.2 Å². The van der Waals surface area contributed by atoms with Crippen LogP contribution in [0.25, 0.3) is 0 Å². The van der Waals surface area contributed by atoms with Gasteiger partial charge in [-0.3, -0.25) is 4.79 Å². The van der Waals surface area contributed by atoms with Crippen molar-refractivity contribution in [2.75, 3.05) is 7.11 Å². The second-order valence-electron chi connectivity index (χ2n) is 6.09. The number of halogens is 2. The number of benzene rings is 1. The minimum atomic E-state index is -0.637. The fourth-order valence-electron chi connectivity index (χ4n) is 3.20. The summed E-state index contributed by atoms with van der Waals surface area (Å²) in [6, 6.07) is 3.31. The van der Waals surface area contributed by atoms with Crippen LogP contribution in [-0.4, -0.2) is 23.2 Å². The van der Waals surface area contributed by atoms with Gasteiger partial charge in [-0.15, -0.1) is 0 Å². The summed E-state index contributed by atoms with van der Waals surface area (Å²) in [6.45, 7) is 0. The Bertz CT molecular complexity index is 712. The number of carbonyl (C=O) groups is 1. The van der Waals surface area contributed by atoms with Gasteiger partial charge in [0.1, 0.15) is 11.6 Å². The second kappa shape index (κ2) is 7.07. The molecule has 0 N–H and O–H groups in total. The molecule has 2 unspecified atom stereocenters. The lowest BCUT2D eigenvalue weighted by Crippen LogP contribution is -2.23. The quantitative estimate of drug-likeness (QED) is 0.801. The van der Waals surface area contributed by atoms with E-state index in [1.54, 1.807) is 0 Å². The first-order valence-corrected chi connectivity index (χ1v) is 7.90. The van der Waals surface area contributed by atoms with Gasteiger partial charge in [0.05, 0.1) is 13.0 Å². The molecular formula is C17H18F2N2O3. The minimum absolute atomic E-state index is 0.00773. The van der Waals surface area contributed by atoms with Gasteiger partial charge in [0, 0.05) is 18.4 Å². The molecule has 0 radical (unpaired) electrons. The third kappa shape index (κ3) is 3.77. The van der Waals surface area contributed by atoms with Crippen LogP contribution in [0.1, 0.15) is 48.9 Å². The number of hydrogen-bond acceptors (Lipinski definition) is 5. The van der Waals surface area contributed by atoms with Gasteiger partial charge in [-0.05, 0) is 37.0 Å². The molecule has 7 heteroatoms. The molecule has 0 amide bonds. The van der Waals surface area contributed by atoms with Crippen LogP contribution in [0.5, 0.6) is 0 Å². The number of rotatable bonds is 4. The monoisotopic (exact) mass is 336 g/mol. The number of hydrogen-bond donors (Lipinski definition) is 0. The predicted molar refractivity (Wildman–Crippen MR) is 80.2 cm³/mol. The van der Waals surface area contributed by atoms with Crippen molar-refractivity contribution in [2.24, 2.45) is 5.92 Å². The van der Waals surface area contributed by atoms with Gasteiger partial charge in [0.2, 0.25) is 5.89 Å². The number of methoxy groups -OCH3 is 1. The number of carbonyl (C=O) groups excluding carboxylic acids is 1. The molecule has 2 atom stereocenters. The highest BCUT2D eigenvalue weighted by Crippen LogP contribution is 2.36. The van der Waals surface area contributed by atoms with E-state index < -0.39 is 11.6 Å². The summed E-state index contributed by atoms with van der Waals surface area (Å²) in [5, 5.41) is 3.89. The molecule has 0 bridgehead atoms. The fourth-order valence-corrected chi connectivity index (χ4v) is 3.20. The Morgan fingerprint density at radius 3 is 2.75 bits per heavy atom. The maximum absolute atomic E-state index is 13.2. The molecule has 1 aromatic carbocycles. The summed E-state index contributed by atoms with van der Waals surface area (Å²) in [7, 11) is 1.38. The molecule has 1 aliphatic rings. The third-order valence-electron chi connectivity index (χ3n) is 4.33. The first-order valence-electron chi connectivity index (χ1n) is 7.90. The molecule has 2 aromatic rings. The summed E-state index contributed by atoms with van der Waals surface area (Å²) < 4.78 is 36.6. The summed E-state index contributed by atoms with van der Waals surface area (Å²) in [5.74, 6) is -0.793. The van der Waals surface area contributed by atoms with Crippen molar-refractivity contribution in [3.63, 3.8) is 0 Å². The third-order valence-corrected chi connectivity index (χ3v) is 4.33. The second-order valence-corrected chi connectivity index (χ2v) is 6.09. The van der Waals surface area contributed by atoms with Crippen molar-refractivity contribution in [1.82, 2.24) is 10.1 Å². The van der Waals surface area contributed by atoms with Crippen LogP contribution in [0.15, 0.2) is 22.7 Å². The van der Waals surface area contributed by atoms with Crippen LogP contribution < -0.4 is 0 Å². The van der Waals surface area contributed by atoms with E-state index in [2.05, 4.69) is 10.1 Å². The molecule has 1 heterocycles. The largest absolute Gasteiger partial charge is 0.469 e. The van der Waals surface area contributed by atoms with Gasteiger partial charge in [-0.1, -0.05) is 11.6 Å². The maximum Gasteiger partial charge on any atom is 0.308 e. The van der Waals surface area contributed by atoms with Crippen LogP contribution >= 0.6 is 0 Å². The van der Waals surface area contributed by atoms with Gasteiger partial charge in [-0.2, -0.15) is 4.98 Å². The highest BCUT2D eigenvalue weighted by atomic mass is 19.1. The molecule has 1 aliphatic carbocycles. The summed E-state index contributed by atoms with van der Waals surface area (Å²) >= 11 is 0. The summed E-state index contributed by atoms with van der Waals surface area (Å²) in [4.78, 5) is 16.0. The Hall–Kier alpha value is -2.31. The standard InChI is InChI=1S/C17H18F2N2O3/c1-23-17(22)12-4-2-3-11(8-12)16-20-15(21-24-16)7-10-5-13(18)9-14(19)6-10/h5-6,9,11-12H,2-4,7-8H2,1H3. The minimum Gasteiger partial charge on any atom is -0.469 e. The lowest BCUT2D eigenvalue weighted by Gasteiger charge is -2.24. The normalized spacial score (nSPS) is 20.8. The number of nitrogens with zero attached hydrogens (tertiary/aromatic N) is 2. The van der Waals surface area contributed by atoms with Crippen LogP contribution in [0.3, 0.4) is 0 Å². The lowest BCUT2D eigenvalue weighted by atomic mass is 9.81. The average molecular weight is 336 g/mol. The fraction of sp³-hybridized carbons (Fsp3) is 0.471. The predicted octanol–water partition coefficient (Wildman–Crippen LogP) is 3.39. The van der Waals surface area contributed by atoms with Crippen molar-refractivity contribution in [2.45, 2.75) is 38.0 Å². The van der Waals surface area contributed by atoms with Crippen molar-refractivity contribution in [3.05, 3.63) is 47.1 Å². The van der Waals surface area contributed by atoms with E-state index in [0.717, 1.165) is 25.3 Å². The van der Waals surface area contributed by atoms with Crippen molar-refractivity contribution >= 4 is 5.97 Å². The molecule has 1 saturated carbocycles. The summed E-state index contributed by atoms with van der Waals surface area (Å²) in [6.07, 6.45) is 3.35. The van der Waals surface area contributed by atoms with E-state index in [-0.39, 0.29) is 24.2 Å². The zero-order valence-corrected chi connectivity index (χ0v) is 13.3. The molecule has 0 spiro atoms. The Kier molecular flexibility index (Phi) is 4.87. The van der Waals surface area contributed by atoms with E-state index in [4.69, 9.17) is 9.26 Å². The molecular weight excluding hydrogens is 318 g/mol. The topological polar surface area (TPSA) is 65.2 Å². The van der Waals surface area contributed by atoms with Crippen LogP contribution in [0.4, 0.5) is 8.78 Å². The Morgan fingerprint density at radius 1 is 1.29 bits per heavy atom. The molecule has 128 valence electrons. The zero-order chi connectivity index (χ0) is 17.1. The van der Waals surface area contributed by atoms with E-state index in [1.807, 2.05) is 0 Å². The van der Waals surface area contributed by atoms with Crippen LogP contribution in [-0.2, 0) is 16.0 Å². The van der Waals surface area contributed by atoms with Crippen LogP contribution in [0.2, 0.25) is 0 Å². The van der Waals surface area contributed by atoms with Gasteiger partial charge >= 0.3 is 5.97 Å². The SMILES string of the molecule is COC(=O)C1CCCC(c2nc(Cc3cc(F)cc(F)c3)no2)C1. The first kappa shape index (κ1) is 16.5. The number of esters is 1. The molecule has 3 rings (SSSR count). The Labute approximate surface area is 138 Å². The van der Waals surface area contributed by atoms with Crippen molar-refractivity contribution < 1.29 is 22.8 Å². The molecule has 5 nitrogen and oxygen atoms in total. The maximum atomic E-state index is 13.2. The highest BCUT2D eigenvalue weighted by molar-refractivity contribution is 5.72. The van der Waals surface area contributed by atoms with Crippen molar-refractivity contribution in [3.8, 4) is 0 Å². The molecule has 24 heavy (non-hydrogen) atoms. The molecule has 0 saturated heterocycles. The lowest BCUT2D eigenvalue weighted by molar-refractivity contribution is -0.146. The van der Waals surface area contributed by atoms with Crippen LogP contribution in [0, 0.1) is 17.6 Å². The van der Waals surface area contributed by atoms with E-state index in [0.29, 0.717) is 23.7 Å². The first-order chi connectivity index (χ1) is 11.5. The van der Waals surface area contributed by atoms with Gasteiger partial charge < -0.3 is 9.26 Å².